The maximum absolute atomic E-state index is 13.5. The van der Waals surface area contributed by atoms with E-state index in [0.29, 0.717) is 5.56 Å². The second-order valence-corrected chi connectivity index (χ2v) is 12.9. The van der Waals surface area contributed by atoms with Gasteiger partial charge in [0, 0.05) is 17.7 Å². The highest BCUT2D eigenvalue weighted by Crippen LogP contribution is 2.46. The van der Waals surface area contributed by atoms with E-state index in [1.165, 1.54) is 31.2 Å². The van der Waals surface area contributed by atoms with Crippen LogP contribution in [0.3, 0.4) is 0 Å². The second kappa shape index (κ2) is 15.1. The van der Waals surface area contributed by atoms with Gasteiger partial charge in [0.1, 0.15) is 101 Å². The van der Waals surface area contributed by atoms with Gasteiger partial charge < -0.3 is 89.4 Å². The molecule has 1 aromatic heterocycles. The Hall–Kier alpha value is -3.51. The molecule has 6 rings (SSSR count). The van der Waals surface area contributed by atoms with Crippen LogP contribution < -0.4 is 10.2 Å². The highest BCUT2D eigenvalue weighted by atomic mass is 16.8. The van der Waals surface area contributed by atoms with Crippen LogP contribution in [-0.4, -0.2) is 160 Å². The van der Waals surface area contributed by atoms with Crippen molar-refractivity contribution < 1.29 is 89.4 Å². The van der Waals surface area contributed by atoms with Gasteiger partial charge in [0.15, 0.2) is 17.8 Å². The molecular weight excluding hydrogens is 700 g/mol. The van der Waals surface area contributed by atoms with Gasteiger partial charge in [-0.25, -0.2) is 0 Å². The Morgan fingerprint density at radius 2 is 1.31 bits per heavy atom. The summed E-state index contributed by atoms with van der Waals surface area (Å²) in [6, 6.07) is 7.63. The molecule has 4 heterocycles. The summed E-state index contributed by atoms with van der Waals surface area (Å²) in [4.78, 5) is 13.5. The molecule has 3 aromatic rings. The van der Waals surface area contributed by atoms with Crippen LogP contribution in [0.1, 0.15) is 18.6 Å². The van der Waals surface area contributed by atoms with Gasteiger partial charge in [-0.3, -0.25) is 4.79 Å². The Labute approximate surface area is 293 Å². The van der Waals surface area contributed by atoms with Crippen LogP contribution in [0, 0.1) is 0 Å². The molecule has 286 valence electrons. The first-order valence-electron chi connectivity index (χ1n) is 16.2. The molecule has 0 radical (unpaired) electrons. The summed E-state index contributed by atoms with van der Waals surface area (Å²) in [6.07, 6.45) is -26.3. The number of aromatic hydroxyl groups is 2. The fraction of sp³-hybridized carbons (Fsp3) is 0.545. The molecular formula is C33H40O19. The zero-order chi connectivity index (χ0) is 37.8. The van der Waals surface area contributed by atoms with Gasteiger partial charge in [-0.15, -0.1) is 0 Å². The van der Waals surface area contributed by atoms with Gasteiger partial charge in [-0.1, -0.05) is 0 Å². The van der Waals surface area contributed by atoms with E-state index >= 15 is 0 Å². The van der Waals surface area contributed by atoms with Gasteiger partial charge in [-0.2, -0.15) is 0 Å². The number of rotatable bonds is 8. The van der Waals surface area contributed by atoms with Crippen LogP contribution in [0.5, 0.6) is 17.2 Å². The lowest BCUT2D eigenvalue weighted by atomic mass is 9.89. The number of aliphatic hydroxyl groups excluding tert-OH is 10. The minimum atomic E-state index is -2.02. The van der Waals surface area contributed by atoms with E-state index in [1.807, 2.05) is 0 Å². The van der Waals surface area contributed by atoms with Crippen molar-refractivity contribution in [3.63, 3.8) is 0 Å². The molecule has 15 atom stereocenters. The Morgan fingerprint density at radius 1 is 0.692 bits per heavy atom. The number of hydrogen-bond acceptors (Lipinski definition) is 19. The quantitative estimate of drug-likeness (QED) is 0.106. The van der Waals surface area contributed by atoms with Crippen molar-refractivity contribution in [3.05, 3.63) is 52.2 Å². The van der Waals surface area contributed by atoms with Crippen molar-refractivity contribution in [2.24, 2.45) is 0 Å². The number of phenols is 2. The molecule has 0 aliphatic carbocycles. The molecule has 3 aliphatic heterocycles. The van der Waals surface area contributed by atoms with E-state index in [4.69, 9.17) is 28.1 Å². The standard InChI is InChI=1S/C33H40O19/c1-10-21(38)25(42)29(46)32(47-10)52-31-27(44)23(40)18(9-35)51-33(31)50-16-7-15-19(13(37)6-14(48-15)11-2-4-12(36)5-3-11)24(41)20(16)30-28(45)26(43)22(39)17(8-34)49-30/h2-7,10,17-18,21-23,25-36,38-46H,8-9H2,1H3/t10-,17+,18+,21-,22+,23+,25+,26-,27-,28+,29+,30-,31+,32-,33+/m0/s1. The zero-order valence-electron chi connectivity index (χ0n) is 27.3. The summed E-state index contributed by atoms with van der Waals surface area (Å²) in [7, 11) is 0. The van der Waals surface area contributed by atoms with E-state index in [9.17, 15) is 66.1 Å². The number of benzene rings is 2. The molecule has 3 aliphatic rings. The molecule has 0 amide bonds. The number of phenolic OH excluding ortho intramolecular Hbond substituents is 2. The smallest absolute Gasteiger partial charge is 0.229 e. The highest BCUT2D eigenvalue weighted by Gasteiger charge is 2.52. The molecule has 2 aromatic carbocycles. The summed E-state index contributed by atoms with van der Waals surface area (Å²) in [5.74, 6) is -1.55. The van der Waals surface area contributed by atoms with Crippen LogP contribution in [0.4, 0.5) is 0 Å². The molecule has 0 saturated carbocycles. The van der Waals surface area contributed by atoms with E-state index in [0.717, 1.165) is 12.1 Å². The summed E-state index contributed by atoms with van der Waals surface area (Å²) < 4.78 is 34.7. The minimum absolute atomic E-state index is 0.0317. The monoisotopic (exact) mass is 740 g/mol. The largest absolute Gasteiger partial charge is 0.508 e. The topological polar surface area (TPSA) is 319 Å². The molecule has 12 N–H and O–H groups in total. The van der Waals surface area contributed by atoms with E-state index in [1.54, 1.807) is 0 Å². The molecule has 3 saturated heterocycles. The molecule has 19 nitrogen and oxygen atoms in total. The zero-order valence-corrected chi connectivity index (χ0v) is 27.3. The summed E-state index contributed by atoms with van der Waals surface area (Å²) in [6.45, 7) is -0.376. The van der Waals surface area contributed by atoms with Crippen molar-refractivity contribution in [3.8, 4) is 28.6 Å². The average Bonchev–Trinajstić information content (AvgIpc) is 3.12. The Bertz CT molecular complexity index is 1760. The van der Waals surface area contributed by atoms with Crippen LogP contribution in [0.25, 0.3) is 22.3 Å². The third-order valence-electron chi connectivity index (χ3n) is 9.49. The molecule has 0 bridgehead atoms. The molecule has 19 heteroatoms. The molecule has 0 unspecified atom stereocenters. The lowest BCUT2D eigenvalue weighted by Crippen LogP contribution is -2.64. The first-order valence-corrected chi connectivity index (χ1v) is 16.2. The Kier molecular flexibility index (Phi) is 11.1. The van der Waals surface area contributed by atoms with Gasteiger partial charge in [0.25, 0.3) is 0 Å². The Morgan fingerprint density at radius 3 is 1.96 bits per heavy atom. The first-order chi connectivity index (χ1) is 24.7. The van der Waals surface area contributed by atoms with Crippen LogP contribution in [0.2, 0.25) is 0 Å². The summed E-state index contributed by atoms with van der Waals surface area (Å²) >= 11 is 0. The fourth-order valence-corrected chi connectivity index (χ4v) is 6.48. The number of aliphatic hydroxyl groups is 10. The van der Waals surface area contributed by atoms with Crippen molar-refractivity contribution in [1.29, 1.82) is 0 Å². The Balaban J connectivity index is 1.49. The SMILES string of the molecule is C[C@@H]1O[C@@H](O[C@H]2[C@H](Oc3cc4oc(-c5ccc(O)cc5)cc(=O)c4c(O)c3[C@@H]3O[C@H](CO)[C@@H](O)[C@H](O)[C@H]3O)O[C@H](CO)[C@@H](O)[C@@H]2O)[C@H](O)[C@H](O)[C@H]1O. The maximum Gasteiger partial charge on any atom is 0.229 e. The van der Waals surface area contributed by atoms with E-state index in [-0.39, 0.29) is 17.1 Å². The van der Waals surface area contributed by atoms with Crippen LogP contribution in [-0.2, 0) is 18.9 Å². The van der Waals surface area contributed by atoms with Gasteiger partial charge in [0.05, 0.1) is 24.9 Å². The predicted octanol–water partition coefficient (Wildman–Crippen LogP) is -3.58. The predicted molar refractivity (Wildman–Crippen MR) is 170 cm³/mol. The normalized spacial score (nSPS) is 38.3. The number of hydrogen-bond donors (Lipinski definition) is 12. The van der Waals surface area contributed by atoms with Gasteiger partial charge in [0.2, 0.25) is 6.29 Å². The lowest BCUT2D eigenvalue weighted by Gasteiger charge is -2.46. The number of fused-ring (bicyclic) bond motifs is 1. The highest BCUT2D eigenvalue weighted by molar-refractivity contribution is 5.88. The van der Waals surface area contributed by atoms with Crippen molar-refractivity contribution >= 4 is 11.0 Å². The van der Waals surface area contributed by atoms with E-state index in [2.05, 4.69) is 0 Å². The second-order valence-electron chi connectivity index (χ2n) is 12.9. The summed E-state index contributed by atoms with van der Waals surface area (Å²) in [5.41, 5.74) is -1.36. The van der Waals surface area contributed by atoms with Gasteiger partial charge >= 0.3 is 0 Å². The minimum Gasteiger partial charge on any atom is -0.508 e. The number of ether oxygens (including phenoxy) is 5. The van der Waals surface area contributed by atoms with Crippen LogP contribution >= 0.6 is 0 Å². The fourth-order valence-electron chi connectivity index (χ4n) is 6.48. The lowest BCUT2D eigenvalue weighted by molar-refractivity contribution is -0.354. The average molecular weight is 741 g/mol. The molecule has 52 heavy (non-hydrogen) atoms. The van der Waals surface area contributed by atoms with Gasteiger partial charge in [-0.05, 0) is 31.2 Å². The molecule has 0 spiro atoms. The van der Waals surface area contributed by atoms with E-state index < -0.39 is 133 Å². The van der Waals surface area contributed by atoms with Crippen LogP contribution in [0.15, 0.2) is 45.6 Å². The summed E-state index contributed by atoms with van der Waals surface area (Å²) in [5, 5.41) is 126. The maximum atomic E-state index is 13.5. The third-order valence-corrected chi connectivity index (χ3v) is 9.49. The third kappa shape index (κ3) is 6.85. The first kappa shape index (κ1) is 38.2. The van der Waals surface area contributed by atoms with Crippen molar-refractivity contribution in [2.75, 3.05) is 13.2 Å². The van der Waals surface area contributed by atoms with Crippen molar-refractivity contribution in [2.45, 2.75) is 98.9 Å². The van der Waals surface area contributed by atoms with Crippen molar-refractivity contribution in [1.82, 2.24) is 0 Å². The molecule has 3 fully saturated rings.